The van der Waals surface area contributed by atoms with Crippen molar-refractivity contribution in [3.63, 3.8) is 0 Å². The lowest BCUT2D eigenvalue weighted by atomic mass is 9.95. The second-order valence-electron chi connectivity index (χ2n) is 8.60. The number of carbonyl (C=O) groups is 1. The summed E-state index contributed by atoms with van der Waals surface area (Å²) in [5, 5.41) is 4.77. The molecule has 0 aliphatic heterocycles. The van der Waals surface area contributed by atoms with Gasteiger partial charge in [-0.1, -0.05) is 42.6 Å². The van der Waals surface area contributed by atoms with Crippen molar-refractivity contribution in [2.75, 3.05) is 25.9 Å². The van der Waals surface area contributed by atoms with Gasteiger partial charge >= 0.3 is 0 Å². The number of aromatic nitrogens is 2. The Hall–Kier alpha value is -1.50. The fourth-order valence-corrected chi connectivity index (χ4v) is 5.24. The third kappa shape index (κ3) is 5.80. The minimum Gasteiger partial charge on any atom is -0.348 e. The zero-order valence-corrected chi connectivity index (χ0v) is 19.2. The van der Waals surface area contributed by atoms with E-state index in [0.29, 0.717) is 10.7 Å². The van der Waals surface area contributed by atoms with Crippen LogP contribution in [-0.2, 0) is 0 Å². The molecule has 30 heavy (non-hydrogen) atoms. The predicted molar refractivity (Wildman–Crippen MR) is 124 cm³/mol. The fourth-order valence-electron chi connectivity index (χ4n) is 4.07. The van der Waals surface area contributed by atoms with Gasteiger partial charge in [-0.3, -0.25) is 9.36 Å². The standard InChI is InChI=1S/C23H31ClN4OS/c1-27(16-17-7-8-17)13-14-30-23-25-15-21(22(29)26-19-5-3-2-4-6-19)28(23)20-11-9-18(24)10-12-20/h9-12,15,17,19H,2-8,13-14,16H2,1H3,(H,26,29). The summed E-state index contributed by atoms with van der Waals surface area (Å²) in [5.41, 5.74) is 1.51. The molecule has 1 amide bonds. The van der Waals surface area contributed by atoms with Gasteiger partial charge in [0.2, 0.25) is 0 Å². The molecule has 2 aromatic rings. The number of nitrogens with one attached hydrogen (secondary N) is 1. The second kappa shape index (κ2) is 10.2. The molecule has 1 heterocycles. The molecule has 1 N–H and O–H groups in total. The van der Waals surface area contributed by atoms with E-state index in [-0.39, 0.29) is 11.9 Å². The smallest absolute Gasteiger partial charge is 0.270 e. The van der Waals surface area contributed by atoms with E-state index in [2.05, 4.69) is 22.2 Å². The predicted octanol–water partition coefficient (Wildman–Crippen LogP) is 5.02. The van der Waals surface area contributed by atoms with Crippen molar-refractivity contribution in [3.8, 4) is 5.69 Å². The maximum absolute atomic E-state index is 13.1. The van der Waals surface area contributed by atoms with Crippen LogP contribution in [0, 0.1) is 5.92 Å². The largest absolute Gasteiger partial charge is 0.348 e. The van der Waals surface area contributed by atoms with Gasteiger partial charge in [-0.05, 0) is 62.9 Å². The molecule has 0 radical (unpaired) electrons. The molecule has 4 rings (SSSR count). The maximum Gasteiger partial charge on any atom is 0.270 e. The van der Waals surface area contributed by atoms with Crippen molar-refractivity contribution < 1.29 is 4.79 Å². The minimum absolute atomic E-state index is 0.0398. The molecule has 7 heteroatoms. The molecule has 0 spiro atoms. The minimum atomic E-state index is -0.0398. The number of rotatable bonds is 9. The normalized spacial score (nSPS) is 17.4. The third-order valence-electron chi connectivity index (χ3n) is 5.96. The quantitative estimate of drug-likeness (QED) is 0.549. The lowest BCUT2D eigenvalue weighted by molar-refractivity contribution is 0.0920. The van der Waals surface area contributed by atoms with Crippen LogP contribution in [0.2, 0.25) is 5.02 Å². The van der Waals surface area contributed by atoms with Gasteiger partial charge in [0.25, 0.3) is 5.91 Å². The molecule has 2 saturated carbocycles. The second-order valence-corrected chi connectivity index (χ2v) is 10.1. The van der Waals surface area contributed by atoms with Crippen molar-refractivity contribution in [2.45, 2.75) is 56.1 Å². The van der Waals surface area contributed by atoms with Crippen LogP contribution in [0.3, 0.4) is 0 Å². The van der Waals surface area contributed by atoms with Crippen molar-refractivity contribution in [3.05, 3.63) is 41.2 Å². The number of benzene rings is 1. The molecule has 0 unspecified atom stereocenters. The van der Waals surface area contributed by atoms with Crippen LogP contribution < -0.4 is 5.32 Å². The van der Waals surface area contributed by atoms with Crippen LogP contribution in [-0.4, -0.2) is 52.3 Å². The Morgan fingerprint density at radius 2 is 1.93 bits per heavy atom. The third-order valence-corrected chi connectivity index (χ3v) is 7.14. The Kier molecular flexibility index (Phi) is 7.39. The molecule has 1 aromatic carbocycles. The molecular weight excluding hydrogens is 416 g/mol. The number of hydrogen-bond acceptors (Lipinski definition) is 4. The van der Waals surface area contributed by atoms with Gasteiger partial charge < -0.3 is 10.2 Å². The molecule has 2 aliphatic carbocycles. The van der Waals surface area contributed by atoms with Gasteiger partial charge in [-0.25, -0.2) is 4.98 Å². The Bertz CT molecular complexity index is 843. The lowest BCUT2D eigenvalue weighted by Crippen LogP contribution is -2.37. The first-order valence-electron chi connectivity index (χ1n) is 11.1. The molecule has 2 fully saturated rings. The lowest BCUT2D eigenvalue weighted by Gasteiger charge is -2.23. The van der Waals surface area contributed by atoms with E-state index in [4.69, 9.17) is 11.6 Å². The SMILES string of the molecule is CN(CCSc1ncc(C(=O)NC2CCCCC2)n1-c1ccc(Cl)cc1)CC1CC1. The molecule has 0 saturated heterocycles. The van der Waals surface area contributed by atoms with Crippen molar-refractivity contribution >= 4 is 29.3 Å². The summed E-state index contributed by atoms with van der Waals surface area (Å²) in [6, 6.07) is 7.89. The zero-order valence-electron chi connectivity index (χ0n) is 17.6. The Morgan fingerprint density at radius 1 is 1.20 bits per heavy atom. The first-order chi connectivity index (χ1) is 14.6. The van der Waals surface area contributed by atoms with Crippen LogP contribution in [0.1, 0.15) is 55.4 Å². The van der Waals surface area contributed by atoms with E-state index in [1.165, 1.54) is 38.6 Å². The summed E-state index contributed by atoms with van der Waals surface area (Å²) >= 11 is 7.80. The van der Waals surface area contributed by atoms with E-state index < -0.39 is 0 Å². The first-order valence-corrected chi connectivity index (χ1v) is 12.4. The van der Waals surface area contributed by atoms with Crippen LogP contribution in [0.25, 0.3) is 5.69 Å². The summed E-state index contributed by atoms with van der Waals surface area (Å²) in [5.74, 6) is 1.80. The van der Waals surface area contributed by atoms with Crippen molar-refractivity contribution in [1.29, 1.82) is 0 Å². The number of hydrogen-bond donors (Lipinski definition) is 1. The van der Waals surface area contributed by atoms with Crippen molar-refractivity contribution in [2.24, 2.45) is 5.92 Å². The summed E-state index contributed by atoms with van der Waals surface area (Å²) in [7, 11) is 2.19. The number of nitrogens with zero attached hydrogens (tertiary/aromatic N) is 3. The molecule has 1 aromatic heterocycles. The average molecular weight is 447 g/mol. The van der Waals surface area contributed by atoms with E-state index in [0.717, 1.165) is 41.9 Å². The van der Waals surface area contributed by atoms with Gasteiger partial charge in [-0.2, -0.15) is 0 Å². The van der Waals surface area contributed by atoms with Gasteiger partial charge in [0.15, 0.2) is 5.16 Å². The fraction of sp³-hybridized carbons (Fsp3) is 0.565. The van der Waals surface area contributed by atoms with Crippen LogP contribution >= 0.6 is 23.4 Å². The summed E-state index contributed by atoms with van der Waals surface area (Å²) in [6.07, 6.45) is 10.2. The van der Waals surface area contributed by atoms with Crippen molar-refractivity contribution in [1.82, 2.24) is 19.8 Å². The highest BCUT2D eigenvalue weighted by Gasteiger charge is 2.24. The number of amides is 1. The number of halogens is 1. The molecular formula is C23H31ClN4OS. The molecule has 162 valence electrons. The molecule has 5 nitrogen and oxygen atoms in total. The molecule has 2 aliphatic rings. The monoisotopic (exact) mass is 446 g/mol. The average Bonchev–Trinajstić information content (AvgIpc) is 3.45. The summed E-state index contributed by atoms with van der Waals surface area (Å²) in [4.78, 5) is 20.1. The molecule has 0 bridgehead atoms. The van der Waals surface area contributed by atoms with Crippen LogP contribution in [0.5, 0.6) is 0 Å². The van der Waals surface area contributed by atoms with Crippen LogP contribution in [0.4, 0.5) is 0 Å². The van der Waals surface area contributed by atoms with Crippen LogP contribution in [0.15, 0.2) is 35.6 Å². The Morgan fingerprint density at radius 3 is 2.63 bits per heavy atom. The maximum atomic E-state index is 13.1. The van der Waals surface area contributed by atoms with Gasteiger partial charge in [0.05, 0.1) is 6.20 Å². The number of carbonyl (C=O) groups excluding carboxylic acids is 1. The highest BCUT2D eigenvalue weighted by molar-refractivity contribution is 7.99. The number of imidazole rings is 1. The van der Waals surface area contributed by atoms with Gasteiger partial charge in [0, 0.05) is 35.6 Å². The van der Waals surface area contributed by atoms with Gasteiger partial charge in [-0.15, -0.1) is 0 Å². The number of thioether (sulfide) groups is 1. The summed E-state index contributed by atoms with van der Waals surface area (Å²) < 4.78 is 1.97. The highest BCUT2D eigenvalue weighted by Crippen LogP contribution is 2.30. The highest BCUT2D eigenvalue weighted by atomic mass is 35.5. The first kappa shape index (κ1) is 21.7. The Labute approximate surface area is 188 Å². The van der Waals surface area contributed by atoms with E-state index >= 15 is 0 Å². The zero-order chi connectivity index (χ0) is 20.9. The molecule has 0 atom stereocenters. The summed E-state index contributed by atoms with van der Waals surface area (Å²) in [6.45, 7) is 2.19. The van der Waals surface area contributed by atoms with Gasteiger partial charge in [0.1, 0.15) is 5.69 Å². The van der Waals surface area contributed by atoms with E-state index in [1.807, 2.05) is 28.8 Å². The Balaban J connectivity index is 1.48. The topological polar surface area (TPSA) is 50.2 Å². The van der Waals surface area contributed by atoms with E-state index in [1.54, 1.807) is 18.0 Å². The van der Waals surface area contributed by atoms with E-state index in [9.17, 15) is 4.79 Å².